The minimum atomic E-state index is -1.02. The first-order valence-electron chi connectivity index (χ1n) is 5.56. The third-order valence-corrected chi connectivity index (χ3v) is 3.32. The summed E-state index contributed by atoms with van der Waals surface area (Å²) in [7, 11) is 0. The first-order valence-corrected chi connectivity index (χ1v) is 5.56. The Morgan fingerprint density at radius 2 is 2.12 bits per heavy atom. The summed E-state index contributed by atoms with van der Waals surface area (Å²) in [6.07, 6.45) is 3.18. The van der Waals surface area contributed by atoms with Gasteiger partial charge < -0.3 is 14.5 Å². The van der Waals surface area contributed by atoms with Gasteiger partial charge in [-0.05, 0) is 30.9 Å². The first-order chi connectivity index (χ1) is 7.77. The predicted molar refractivity (Wildman–Crippen MR) is 59.0 cm³/mol. The molecule has 0 radical (unpaired) electrons. The fourth-order valence-electron chi connectivity index (χ4n) is 2.74. The number of aliphatic carboxylic acids is 1. The standard InChI is InChI=1S/C13H13NO2/c15-13(16)8-14-11-6-2-1-4-9(11)10-5-3-7-12(10)14/h1-2,4,6H,3,5,7-8H2,(H,15,16)/p-1. The maximum Gasteiger partial charge on any atom is 0.0624 e. The van der Waals surface area contributed by atoms with Gasteiger partial charge in [0.1, 0.15) is 0 Å². The summed E-state index contributed by atoms with van der Waals surface area (Å²) < 4.78 is 1.90. The number of para-hydroxylation sites is 1. The van der Waals surface area contributed by atoms with E-state index in [0.717, 1.165) is 24.8 Å². The fraction of sp³-hybridized carbons (Fsp3) is 0.308. The monoisotopic (exact) mass is 214 g/mol. The molecule has 2 aromatic rings. The largest absolute Gasteiger partial charge is 0.548 e. The summed E-state index contributed by atoms with van der Waals surface area (Å²) in [5, 5.41) is 12.0. The van der Waals surface area contributed by atoms with Crippen LogP contribution in [0, 0.1) is 0 Å². The minimum Gasteiger partial charge on any atom is -0.548 e. The Morgan fingerprint density at radius 1 is 1.31 bits per heavy atom. The van der Waals surface area contributed by atoms with Crippen LogP contribution < -0.4 is 5.11 Å². The zero-order valence-electron chi connectivity index (χ0n) is 8.90. The van der Waals surface area contributed by atoms with Gasteiger partial charge in [0.2, 0.25) is 0 Å². The zero-order valence-corrected chi connectivity index (χ0v) is 8.90. The second-order valence-electron chi connectivity index (χ2n) is 4.25. The molecule has 0 amide bonds. The van der Waals surface area contributed by atoms with E-state index >= 15 is 0 Å². The van der Waals surface area contributed by atoms with Crippen molar-refractivity contribution < 1.29 is 9.90 Å². The molecule has 0 N–H and O–H groups in total. The van der Waals surface area contributed by atoms with Crippen LogP contribution in [0.1, 0.15) is 17.7 Å². The van der Waals surface area contributed by atoms with E-state index in [1.807, 2.05) is 22.8 Å². The zero-order chi connectivity index (χ0) is 11.1. The van der Waals surface area contributed by atoms with Crippen molar-refractivity contribution in [3.63, 3.8) is 0 Å². The molecule has 16 heavy (non-hydrogen) atoms. The molecule has 82 valence electrons. The van der Waals surface area contributed by atoms with Crippen molar-refractivity contribution in [1.82, 2.24) is 4.57 Å². The lowest BCUT2D eigenvalue weighted by molar-refractivity contribution is -0.306. The molecule has 3 nitrogen and oxygen atoms in total. The van der Waals surface area contributed by atoms with Crippen LogP contribution in [0.25, 0.3) is 10.9 Å². The molecule has 3 heteroatoms. The highest BCUT2D eigenvalue weighted by Gasteiger charge is 2.20. The van der Waals surface area contributed by atoms with Crippen LogP contribution in [-0.2, 0) is 24.2 Å². The number of carbonyl (C=O) groups is 1. The Labute approximate surface area is 93.3 Å². The molecule has 0 spiro atoms. The number of aryl methyl sites for hydroxylation is 1. The van der Waals surface area contributed by atoms with Gasteiger partial charge in [0.05, 0.1) is 12.5 Å². The third-order valence-electron chi connectivity index (χ3n) is 3.32. The number of hydrogen-bond donors (Lipinski definition) is 0. The highest BCUT2D eigenvalue weighted by atomic mass is 16.4. The van der Waals surface area contributed by atoms with Crippen molar-refractivity contribution in [2.45, 2.75) is 25.8 Å². The van der Waals surface area contributed by atoms with E-state index in [-0.39, 0.29) is 6.54 Å². The fourth-order valence-corrected chi connectivity index (χ4v) is 2.74. The summed E-state index contributed by atoms with van der Waals surface area (Å²) in [6, 6.07) is 8.01. The molecule has 1 aromatic heterocycles. The summed E-state index contributed by atoms with van der Waals surface area (Å²) in [5.41, 5.74) is 3.54. The number of benzene rings is 1. The van der Waals surface area contributed by atoms with Crippen LogP contribution >= 0.6 is 0 Å². The van der Waals surface area contributed by atoms with Gasteiger partial charge in [-0.1, -0.05) is 18.2 Å². The Bertz CT molecular complexity index is 569. The highest BCUT2D eigenvalue weighted by molar-refractivity contribution is 5.87. The number of carboxylic acids is 1. The lowest BCUT2D eigenvalue weighted by Crippen LogP contribution is -2.28. The molecule has 0 atom stereocenters. The molecule has 0 aliphatic heterocycles. The van der Waals surface area contributed by atoms with E-state index in [1.165, 1.54) is 16.6 Å². The lowest BCUT2D eigenvalue weighted by atomic mass is 10.1. The van der Waals surface area contributed by atoms with Crippen LogP contribution in [-0.4, -0.2) is 10.5 Å². The van der Waals surface area contributed by atoms with Crippen molar-refractivity contribution in [2.24, 2.45) is 0 Å². The number of carbonyl (C=O) groups excluding carboxylic acids is 1. The molecule has 0 fully saturated rings. The molecular weight excluding hydrogens is 202 g/mol. The smallest absolute Gasteiger partial charge is 0.0624 e. The predicted octanol–water partition coefficient (Wildman–Crippen LogP) is 0.880. The van der Waals surface area contributed by atoms with Crippen molar-refractivity contribution in [3.8, 4) is 0 Å². The quantitative estimate of drug-likeness (QED) is 0.745. The maximum absolute atomic E-state index is 10.8. The molecule has 1 aliphatic rings. The van der Waals surface area contributed by atoms with Gasteiger partial charge in [0.25, 0.3) is 0 Å². The normalized spacial score (nSPS) is 14.2. The van der Waals surface area contributed by atoms with E-state index < -0.39 is 5.97 Å². The van der Waals surface area contributed by atoms with Gasteiger partial charge in [0.15, 0.2) is 0 Å². The molecule has 3 rings (SSSR count). The van der Waals surface area contributed by atoms with Crippen LogP contribution in [0.5, 0.6) is 0 Å². The molecule has 0 unspecified atom stereocenters. The van der Waals surface area contributed by atoms with Crippen molar-refractivity contribution in [3.05, 3.63) is 35.5 Å². The van der Waals surface area contributed by atoms with E-state index in [0.29, 0.717) is 0 Å². The average Bonchev–Trinajstić information content (AvgIpc) is 2.82. The Kier molecular flexibility index (Phi) is 1.99. The Morgan fingerprint density at radius 3 is 2.94 bits per heavy atom. The molecule has 0 saturated carbocycles. The van der Waals surface area contributed by atoms with Gasteiger partial charge in [-0.2, -0.15) is 0 Å². The Balaban J connectivity index is 2.28. The number of aromatic nitrogens is 1. The Hall–Kier alpha value is -1.77. The topological polar surface area (TPSA) is 45.1 Å². The van der Waals surface area contributed by atoms with Crippen LogP contribution in [0.3, 0.4) is 0 Å². The lowest BCUT2D eigenvalue weighted by Gasteiger charge is -2.09. The van der Waals surface area contributed by atoms with Gasteiger partial charge in [-0.15, -0.1) is 0 Å². The summed E-state index contributed by atoms with van der Waals surface area (Å²) in [4.78, 5) is 10.8. The molecule has 1 heterocycles. The van der Waals surface area contributed by atoms with Gasteiger partial charge in [-0.3, -0.25) is 0 Å². The summed E-state index contributed by atoms with van der Waals surface area (Å²) in [6.45, 7) is -0.0319. The SMILES string of the molecule is O=C([O-])Cn1c2c(c3ccccc31)CCC2. The maximum atomic E-state index is 10.8. The van der Waals surface area contributed by atoms with Gasteiger partial charge >= 0.3 is 0 Å². The van der Waals surface area contributed by atoms with Gasteiger partial charge in [-0.25, -0.2) is 0 Å². The van der Waals surface area contributed by atoms with Crippen LogP contribution in [0.15, 0.2) is 24.3 Å². The highest BCUT2D eigenvalue weighted by Crippen LogP contribution is 2.32. The van der Waals surface area contributed by atoms with E-state index in [1.54, 1.807) is 0 Å². The third kappa shape index (κ3) is 1.24. The number of carboxylic acid groups (broad SMARTS) is 1. The first kappa shape index (κ1) is 9.46. The van der Waals surface area contributed by atoms with E-state index in [4.69, 9.17) is 0 Å². The second-order valence-corrected chi connectivity index (χ2v) is 4.25. The number of rotatable bonds is 2. The molecule has 1 aromatic carbocycles. The number of fused-ring (bicyclic) bond motifs is 3. The van der Waals surface area contributed by atoms with Crippen LogP contribution in [0.2, 0.25) is 0 Å². The summed E-state index contributed by atoms with van der Waals surface area (Å²) in [5.74, 6) is -1.02. The van der Waals surface area contributed by atoms with E-state index in [9.17, 15) is 9.90 Å². The number of hydrogen-bond acceptors (Lipinski definition) is 2. The minimum absolute atomic E-state index is 0.0319. The molecule has 1 aliphatic carbocycles. The van der Waals surface area contributed by atoms with Crippen LogP contribution in [0.4, 0.5) is 0 Å². The van der Waals surface area contributed by atoms with Gasteiger partial charge in [0, 0.05) is 16.6 Å². The number of nitrogens with zero attached hydrogens (tertiary/aromatic N) is 1. The van der Waals surface area contributed by atoms with Crippen molar-refractivity contribution in [1.29, 1.82) is 0 Å². The molecular formula is C13H12NO2-. The van der Waals surface area contributed by atoms with E-state index in [2.05, 4.69) is 6.07 Å². The molecule has 0 saturated heterocycles. The van der Waals surface area contributed by atoms with Crippen molar-refractivity contribution >= 4 is 16.9 Å². The van der Waals surface area contributed by atoms with Crippen molar-refractivity contribution in [2.75, 3.05) is 0 Å². The second kappa shape index (κ2) is 3.37. The summed E-state index contributed by atoms with van der Waals surface area (Å²) >= 11 is 0. The molecule has 0 bridgehead atoms. The average molecular weight is 214 g/mol.